The van der Waals surface area contributed by atoms with Gasteiger partial charge in [-0.1, -0.05) is 23.7 Å². The van der Waals surface area contributed by atoms with E-state index in [0.29, 0.717) is 10.8 Å². The lowest BCUT2D eigenvalue weighted by atomic mass is 10.2. The van der Waals surface area contributed by atoms with Gasteiger partial charge in [-0.05, 0) is 29.8 Å². The van der Waals surface area contributed by atoms with E-state index in [4.69, 9.17) is 21.1 Å². The molecule has 2 rings (SSSR count). The average molecular weight is 293 g/mol. The second kappa shape index (κ2) is 6.30. The van der Waals surface area contributed by atoms with E-state index in [1.807, 2.05) is 0 Å². The Hall–Kier alpha value is -2.20. The Morgan fingerprint density at radius 3 is 2.70 bits per heavy atom. The van der Waals surface area contributed by atoms with E-state index in [1.54, 1.807) is 30.3 Å². The van der Waals surface area contributed by atoms with Crippen molar-refractivity contribution in [2.45, 2.75) is 6.61 Å². The van der Waals surface area contributed by atoms with Crippen LogP contribution in [0.3, 0.4) is 0 Å². The third-order valence-corrected chi connectivity index (χ3v) is 2.92. The molecule has 0 bridgehead atoms. The summed E-state index contributed by atoms with van der Waals surface area (Å²) in [5.74, 6) is -0.320. The van der Waals surface area contributed by atoms with Gasteiger partial charge in [0.05, 0.1) is 7.11 Å². The zero-order valence-electron chi connectivity index (χ0n) is 10.8. The minimum Gasteiger partial charge on any atom is -0.507 e. The van der Waals surface area contributed by atoms with Gasteiger partial charge in [-0.3, -0.25) is 0 Å². The molecule has 0 saturated heterocycles. The van der Waals surface area contributed by atoms with Crippen molar-refractivity contribution in [2.24, 2.45) is 0 Å². The maximum Gasteiger partial charge on any atom is 0.342 e. The molecule has 0 spiro atoms. The first-order chi connectivity index (χ1) is 9.60. The topological polar surface area (TPSA) is 55.8 Å². The van der Waals surface area contributed by atoms with Crippen molar-refractivity contribution in [3.05, 3.63) is 58.6 Å². The molecular weight excluding hydrogens is 280 g/mol. The lowest BCUT2D eigenvalue weighted by Gasteiger charge is -2.08. The molecule has 4 nitrogen and oxygen atoms in total. The SMILES string of the molecule is COc1ccc(C(=O)OCc2cccc(Cl)c2)c(O)c1. The summed E-state index contributed by atoms with van der Waals surface area (Å²) in [5, 5.41) is 10.3. The highest BCUT2D eigenvalue weighted by atomic mass is 35.5. The Kier molecular flexibility index (Phi) is 4.48. The lowest BCUT2D eigenvalue weighted by molar-refractivity contribution is 0.0469. The van der Waals surface area contributed by atoms with Gasteiger partial charge in [0.1, 0.15) is 23.7 Å². The van der Waals surface area contributed by atoms with Crippen LogP contribution in [0.25, 0.3) is 0 Å². The van der Waals surface area contributed by atoms with Gasteiger partial charge in [-0.25, -0.2) is 4.79 Å². The van der Waals surface area contributed by atoms with Crippen LogP contribution in [-0.2, 0) is 11.3 Å². The molecule has 0 aliphatic rings. The molecule has 0 aromatic heterocycles. The van der Waals surface area contributed by atoms with Crippen LogP contribution in [0.5, 0.6) is 11.5 Å². The molecule has 0 unspecified atom stereocenters. The fourth-order valence-corrected chi connectivity index (χ4v) is 1.88. The smallest absolute Gasteiger partial charge is 0.342 e. The highest BCUT2D eigenvalue weighted by Gasteiger charge is 2.13. The maximum atomic E-state index is 11.9. The molecule has 0 saturated carbocycles. The molecule has 1 N–H and O–H groups in total. The number of phenols is 1. The van der Waals surface area contributed by atoms with Gasteiger partial charge < -0.3 is 14.6 Å². The van der Waals surface area contributed by atoms with Crippen LogP contribution in [0.15, 0.2) is 42.5 Å². The quantitative estimate of drug-likeness (QED) is 0.877. The number of halogens is 1. The van der Waals surface area contributed by atoms with Gasteiger partial charge in [-0.15, -0.1) is 0 Å². The largest absolute Gasteiger partial charge is 0.507 e. The second-order valence-corrected chi connectivity index (χ2v) is 4.53. The van der Waals surface area contributed by atoms with Gasteiger partial charge in [0.2, 0.25) is 0 Å². The lowest BCUT2D eigenvalue weighted by Crippen LogP contribution is -2.05. The predicted octanol–water partition coefficient (Wildman–Crippen LogP) is 3.41. The first kappa shape index (κ1) is 14.2. The number of rotatable bonds is 4. The number of carbonyl (C=O) groups excluding carboxylic acids is 1. The molecule has 2 aromatic carbocycles. The zero-order chi connectivity index (χ0) is 14.5. The van der Waals surface area contributed by atoms with Crippen LogP contribution in [-0.4, -0.2) is 18.2 Å². The summed E-state index contributed by atoms with van der Waals surface area (Å²) in [6.45, 7) is 0.0882. The van der Waals surface area contributed by atoms with Crippen LogP contribution in [0.4, 0.5) is 0 Å². The minimum atomic E-state index is -0.606. The highest BCUT2D eigenvalue weighted by molar-refractivity contribution is 6.30. The van der Waals surface area contributed by atoms with E-state index in [0.717, 1.165) is 5.56 Å². The minimum absolute atomic E-state index is 0.0882. The van der Waals surface area contributed by atoms with Crippen LogP contribution in [0.1, 0.15) is 15.9 Å². The maximum absolute atomic E-state index is 11.9. The van der Waals surface area contributed by atoms with E-state index in [2.05, 4.69) is 0 Å². The number of ether oxygens (including phenoxy) is 2. The van der Waals surface area contributed by atoms with E-state index in [1.165, 1.54) is 19.2 Å². The molecule has 20 heavy (non-hydrogen) atoms. The molecule has 0 amide bonds. The number of hydrogen-bond acceptors (Lipinski definition) is 4. The number of aromatic hydroxyl groups is 1. The number of benzene rings is 2. The van der Waals surface area contributed by atoms with Gasteiger partial charge in [-0.2, -0.15) is 0 Å². The van der Waals surface area contributed by atoms with Crippen LogP contribution in [0, 0.1) is 0 Å². The molecule has 0 fully saturated rings. The van der Waals surface area contributed by atoms with Gasteiger partial charge >= 0.3 is 5.97 Å². The predicted molar refractivity (Wildman–Crippen MR) is 75.2 cm³/mol. The molecule has 0 atom stereocenters. The van der Waals surface area contributed by atoms with Crippen LogP contribution in [0.2, 0.25) is 5.02 Å². The fraction of sp³-hybridized carbons (Fsp3) is 0.133. The summed E-state index contributed by atoms with van der Waals surface area (Å²) < 4.78 is 10.1. The zero-order valence-corrected chi connectivity index (χ0v) is 11.6. The normalized spacial score (nSPS) is 10.1. The van der Waals surface area contributed by atoms with E-state index >= 15 is 0 Å². The van der Waals surface area contributed by atoms with Crippen molar-refractivity contribution < 1.29 is 19.4 Å². The summed E-state index contributed by atoms with van der Waals surface area (Å²) in [7, 11) is 1.48. The Labute approximate surface area is 121 Å². The van der Waals surface area contributed by atoms with Gasteiger partial charge in [0.15, 0.2) is 0 Å². The third kappa shape index (κ3) is 3.42. The second-order valence-electron chi connectivity index (χ2n) is 4.09. The molecule has 0 aliphatic heterocycles. The average Bonchev–Trinajstić information content (AvgIpc) is 2.44. The van der Waals surface area contributed by atoms with Crippen LogP contribution < -0.4 is 4.74 Å². The monoisotopic (exact) mass is 292 g/mol. The fourth-order valence-electron chi connectivity index (χ4n) is 1.66. The third-order valence-electron chi connectivity index (χ3n) is 2.68. The van der Waals surface area contributed by atoms with E-state index < -0.39 is 5.97 Å². The standard InChI is InChI=1S/C15H13ClO4/c1-19-12-5-6-13(14(17)8-12)15(18)20-9-10-3-2-4-11(16)7-10/h2-8,17H,9H2,1H3. The summed E-state index contributed by atoms with van der Waals surface area (Å²) in [5.41, 5.74) is 0.867. The van der Waals surface area contributed by atoms with Crippen molar-refractivity contribution >= 4 is 17.6 Å². The molecule has 0 heterocycles. The van der Waals surface area contributed by atoms with Gasteiger partial charge in [0.25, 0.3) is 0 Å². The number of carbonyl (C=O) groups is 1. The van der Waals surface area contributed by atoms with Crippen molar-refractivity contribution in [3.8, 4) is 11.5 Å². The molecule has 2 aromatic rings. The number of phenolic OH excluding ortho intramolecular Hbond substituents is 1. The van der Waals surface area contributed by atoms with Crippen molar-refractivity contribution in [3.63, 3.8) is 0 Å². The number of hydrogen-bond donors (Lipinski definition) is 1. The van der Waals surface area contributed by atoms with Gasteiger partial charge in [0, 0.05) is 11.1 Å². The first-order valence-electron chi connectivity index (χ1n) is 5.88. The highest BCUT2D eigenvalue weighted by Crippen LogP contribution is 2.24. The van der Waals surface area contributed by atoms with Crippen molar-refractivity contribution in [2.75, 3.05) is 7.11 Å². The molecule has 104 valence electrons. The number of methoxy groups -OCH3 is 1. The Morgan fingerprint density at radius 2 is 2.05 bits per heavy atom. The van der Waals surface area contributed by atoms with Crippen molar-refractivity contribution in [1.82, 2.24) is 0 Å². The molecule has 0 radical (unpaired) electrons. The molecule has 0 aliphatic carbocycles. The first-order valence-corrected chi connectivity index (χ1v) is 6.26. The summed E-state index contributed by atoms with van der Waals surface area (Å²) in [6, 6.07) is 11.4. The molecule has 5 heteroatoms. The van der Waals surface area contributed by atoms with Crippen molar-refractivity contribution in [1.29, 1.82) is 0 Å². The summed E-state index contributed by atoms with van der Waals surface area (Å²) >= 11 is 5.84. The van der Waals surface area contributed by atoms with E-state index in [9.17, 15) is 9.90 Å². The van der Waals surface area contributed by atoms with Crippen LogP contribution >= 0.6 is 11.6 Å². The summed E-state index contributed by atoms with van der Waals surface area (Å²) in [4.78, 5) is 11.9. The number of esters is 1. The Morgan fingerprint density at radius 1 is 1.25 bits per heavy atom. The Balaban J connectivity index is 2.05. The van der Waals surface area contributed by atoms with E-state index in [-0.39, 0.29) is 17.9 Å². The summed E-state index contributed by atoms with van der Waals surface area (Å²) in [6.07, 6.45) is 0. The molecular formula is C15H13ClO4. The Bertz CT molecular complexity index is 625.